The van der Waals surface area contributed by atoms with E-state index in [4.69, 9.17) is 5.73 Å². The Labute approximate surface area is 108 Å². The SMILES string of the molecule is Cl.NCC1CCCN1C(=O)Cc1ccccc1. The average molecular weight is 255 g/mol. The van der Waals surface area contributed by atoms with Crippen LogP contribution in [0.25, 0.3) is 0 Å². The molecule has 17 heavy (non-hydrogen) atoms. The number of nitrogens with two attached hydrogens (primary N) is 1. The van der Waals surface area contributed by atoms with Gasteiger partial charge in [-0.15, -0.1) is 12.4 Å². The number of benzene rings is 1. The van der Waals surface area contributed by atoms with Crippen LogP contribution in [-0.4, -0.2) is 29.9 Å². The minimum atomic E-state index is 0. The van der Waals surface area contributed by atoms with Crippen molar-refractivity contribution in [3.8, 4) is 0 Å². The van der Waals surface area contributed by atoms with E-state index < -0.39 is 0 Å². The number of amides is 1. The molecule has 1 atom stereocenters. The summed E-state index contributed by atoms with van der Waals surface area (Å²) in [6, 6.07) is 10.1. The standard InChI is InChI=1S/C13H18N2O.ClH/c14-10-12-7-4-8-15(12)13(16)9-11-5-2-1-3-6-11;/h1-3,5-6,12H,4,7-10,14H2;1H. The number of halogens is 1. The predicted molar refractivity (Wildman–Crippen MR) is 71.2 cm³/mol. The van der Waals surface area contributed by atoms with Gasteiger partial charge in [0.05, 0.1) is 6.42 Å². The summed E-state index contributed by atoms with van der Waals surface area (Å²) in [4.78, 5) is 14.0. The smallest absolute Gasteiger partial charge is 0.227 e. The summed E-state index contributed by atoms with van der Waals surface area (Å²) < 4.78 is 0. The van der Waals surface area contributed by atoms with Crippen LogP contribution in [0.1, 0.15) is 18.4 Å². The molecule has 0 bridgehead atoms. The van der Waals surface area contributed by atoms with Crippen molar-refractivity contribution in [1.29, 1.82) is 0 Å². The van der Waals surface area contributed by atoms with Gasteiger partial charge < -0.3 is 10.6 Å². The Morgan fingerprint density at radius 1 is 1.35 bits per heavy atom. The number of nitrogens with zero attached hydrogens (tertiary/aromatic N) is 1. The van der Waals surface area contributed by atoms with Crippen molar-refractivity contribution >= 4 is 18.3 Å². The molecule has 0 radical (unpaired) electrons. The summed E-state index contributed by atoms with van der Waals surface area (Å²) in [6.45, 7) is 1.45. The van der Waals surface area contributed by atoms with Gasteiger partial charge in [-0.05, 0) is 18.4 Å². The molecule has 0 aromatic heterocycles. The molecular weight excluding hydrogens is 236 g/mol. The normalized spacial score (nSPS) is 18.9. The van der Waals surface area contributed by atoms with Crippen molar-refractivity contribution in [1.82, 2.24) is 4.90 Å². The Balaban J connectivity index is 0.00000144. The summed E-state index contributed by atoms with van der Waals surface area (Å²) >= 11 is 0. The maximum absolute atomic E-state index is 12.1. The highest BCUT2D eigenvalue weighted by molar-refractivity contribution is 5.85. The Bertz CT molecular complexity index is 356. The quantitative estimate of drug-likeness (QED) is 0.891. The zero-order valence-electron chi connectivity index (χ0n) is 9.84. The van der Waals surface area contributed by atoms with E-state index in [0.717, 1.165) is 24.9 Å². The van der Waals surface area contributed by atoms with E-state index in [1.807, 2.05) is 35.2 Å². The fourth-order valence-electron chi connectivity index (χ4n) is 2.28. The third-order valence-corrected chi connectivity index (χ3v) is 3.17. The van der Waals surface area contributed by atoms with Gasteiger partial charge in [0, 0.05) is 19.1 Å². The number of hydrogen-bond acceptors (Lipinski definition) is 2. The van der Waals surface area contributed by atoms with Crippen molar-refractivity contribution in [3.63, 3.8) is 0 Å². The van der Waals surface area contributed by atoms with Crippen LogP contribution in [0.5, 0.6) is 0 Å². The highest BCUT2D eigenvalue weighted by atomic mass is 35.5. The topological polar surface area (TPSA) is 46.3 Å². The molecule has 2 rings (SSSR count). The Hall–Kier alpha value is -1.06. The van der Waals surface area contributed by atoms with Crippen LogP contribution in [0.15, 0.2) is 30.3 Å². The van der Waals surface area contributed by atoms with E-state index in [-0.39, 0.29) is 24.4 Å². The summed E-state index contributed by atoms with van der Waals surface area (Å²) in [5, 5.41) is 0. The van der Waals surface area contributed by atoms with E-state index in [2.05, 4.69) is 0 Å². The lowest BCUT2D eigenvalue weighted by Gasteiger charge is -2.23. The molecule has 1 aromatic carbocycles. The summed E-state index contributed by atoms with van der Waals surface area (Å²) in [6.07, 6.45) is 2.64. The molecule has 2 N–H and O–H groups in total. The largest absolute Gasteiger partial charge is 0.338 e. The molecule has 0 saturated carbocycles. The molecule has 94 valence electrons. The van der Waals surface area contributed by atoms with Gasteiger partial charge in [-0.1, -0.05) is 30.3 Å². The number of carbonyl (C=O) groups excluding carboxylic acids is 1. The first-order valence-electron chi connectivity index (χ1n) is 5.84. The van der Waals surface area contributed by atoms with E-state index in [0.29, 0.717) is 13.0 Å². The van der Waals surface area contributed by atoms with Crippen LogP contribution >= 0.6 is 12.4 Å². The van der Waals surface area contributed by atoms with E-state index in [1.165, 1.54) is 0 Å². The lowest BCUT2D eigenvalue weighted by atomic mass is 10.1. The second-order valence-electron chi connectivity index (χ2n) is 4.28. The highest BCUT2D eigenvalue weighted by Gasteiger charge is 2.27. The first-order valence-corrected chi connectivity index (χ1v) is 5.84. The predicted octanol–water partition coefficient (Wildman–Crippen LogP) is 1.60. The first kappa shape index (κ1) is 14.0. The Morgan fingerprint density at radius 3 is 2.71 bits per heavy atom. The molecule has 1 saturated heterocycles. The van der Waals surface area contributed by atoms with Gasteiger partial charge in [-0.3, -0.25) is 4.79 Å². The molecule has 4 heteroatoms. The van der Waals surface area contributed by atoms with Gasteiger partial charge >= 0.3 is 0 Å². The number of likely N-dealkylation sites (tertiary alicyclic amines) is 1. The molecule has 1 heterocycles. The van der Waals surface area contributed by atoms with Gasteiger partial charge in [0.25, 0.3) is 0 Å². The van der Waals surface area contributed by atoms with Gasteiger partial charge in [0.1, 0.15) is 0 Å². The fraction of sp³-hybridized carbons (Fsp3) is 0.462. The van der Waals surface area contributed by atoms with Crippen LogP contribution in [0, 0.1) is 0 Å². The van der Waals surface area contributed by atoms with Crippen molar-refractivity contribution in [2.75, 3.05) is 13.1 Å². The van der Waals surface area contributed by atoms with Gasteiger partial charge in [-0.2, -0.15) is 0 Å². The maximum atomic E-state index is 12.1. The molecule has 1 unspecified atom stereocenters. The number of carbonyl (C=O) groups is 1. The maximum Gasteiger partial charge on any atom is 0.227 e. The molecule has 1 aliphatic heterocycles. The number of hydrogen-bond donors (Lipinski definition) is 1. The molecular formula is C13H19ClN2O. The zero-order chi connectivity index (χ0) is 11.4. The summed E-state index contributed by atoms with van der Waals surface area (Å²) in [7, 11) is 0. The van der Waals surface area contributed by atoms with Crippen LogP contribution in [0.4, 0.5) is 0 Å². The molecule has 1 fully saturated rings. The minimum absolute atomic E-state index is 0. The van der Waals surface area contributed by atoms with Gasteiger partial charge in [-0.25, -0.2) is 0 Å². The lowest BCUT2D eigenvalue weighted by Crippen LogP contribution is -2.40. The van der Waals surface area contributed by atoms with Crippen molar-refractivity contribution in [2.45, 2.75) is 25.3 Å². The molecule has 0 spiro atoms. The van der Waals surface area contributed by atoms with Gasteiger partial charge in [0.2, 0.25) is 5.91 Å². The monoisotopic (exact) mass is 254 g/mol. The first-order chi connectivity index (χ1) is 7.81. The van der Waals surface area contributed by atoms with Gasteiger partial charge in [0.15, 0.2) is 0 Å². The zero-order valence-corrected chi connectivity index (χ0v) is 10.7. The minimum Gasteiger partial charge on any atom is -0.338 e. The van der Waals surface area contributed by atoms with E-state index in [1.54, 1.807) is 0 Å². The van der Waals surface area contributed by atoms with Crippen LogP contribution in [0.2, 0.25) is 0 Å². The van der Waals surface area contributed by atoms with E-state index in [9.17, 15) is 4.79 Å². The number of rotatable bonds is 3. The average Bonchev–Trinajstić information content (AvgIpc) is 2.78. The van der Waals surface area contributed by atoms with Crippen molar-refractivity contribution in [2.24, 2.45) is 5.73 Å². The lowest BCUT2D eigenvalue weighted by molar-refractivity contribution is -0.131. The third-order valence-electron chi connectivity index (χ3n) is 3.17. The molecule has 1 amide bonds. The van der Waals surface area contributed by atoms with Crippen molar-refractivity contribution < 1.29 is 4.79 Å². The summed E-state index contributed by atoms with van der Waals surface area (Å²) in [5.74, 6) is 0.208. The van der Waals surface area contributed by atoms with Crippen LogP contribution in [0.3, 0.4) is 0 Å². The van der Waals surface area contributed by atoms with E-state index >= 15 is 0 Å². The van der Waals surface area contributed by atoms with Crippen LogP contribution < -0.4 is 5.73 Å². The second kappa shape index (κ2) is 6.62. The third kappa shape index (κ3) is 3.45. The Kier molecular flexibility index (Phi) is 5.45. The second-order valence-corrected chi connectivity index (χ2v) is 4.28. The molecule has 3 nitrogen and oxygen atoms in total. The molecule has 1 aliphatic rings. The van der Waals surface area contributed by atoms with Crippen LogP contribution in [-0.2, 0) is 11.2 Å². The highest BCUT2D eigenvalue weighted by Crippen LogP contribution is 2.17. The summed E-state index contributed by atoms with van der Waals surface area (Å²) in [5.41, 5.74) is 6.74. The van der Waals surface area contributed by atoms with Crippen molar-refractivity contribution in [3.05, 3.63) is 35.9 Å². The molecule has 1 aromatic rings. The molecule has 0 aliphatic carbocycles. The fourth-order valence-corrected chi connectivity index (χ4v) is 2.28. The Morgan fingerprint density at radius 2 is 2.06 bits per heavy atom.